The van der Waals surface area contributed by atoms with Crippen molar-refractivity contribution in [1.29, 1.82) is 0 Å². The Kier molecular flexibility index (Phi) is 5.70. The lowest BCUT2D eigenvalue weighted by Crippen LogP contribution is -2.23. The quantitative estimate of drug-likeness (QED) is 0.425. The number of methoxy groups -OCH3 is 2. The fraction of sp³-hybridized carbons (Fsp3) is 0.292. The van der Waals surface area contributed by atoms with Gasteiger partial charge in [0.05, 0.1) is 37.2 Å². The first-order chi connectivity index (χ1) is 16.6. The summed E-state index contributed by atoms with van der Waals surface area (Å²) < 4.78 is 17.6. The minimum absolute atomic E-state index is 0.247. The van der Waals surface area contributed by atoms with Crippen LogP contribution >= 0.6 is 0 Å². The summed E-state index contributed by atoms with van der Waals surface area (Å²) in [5.74, 6) is 3.32. The zero-order valence-electron chi connectivity index (χ0n) is 19.1. The molecule has 5 rings (SSSR count). The number of benzene rings is 1. The predicted octanol–water partition coefficient (Wildman–Crippen LogP) is 3.45. The minimum Gasteiger partial charge on any atom is -0.497 e. The molecule has 0 aliphatic heterocycles. The fourth-order valence-corrected chi connectivity index (χ4v) is 3.65. The van der Waals surface area contributed by atoms with Gasteiger partial charge in [0.1, 0.15) is 11.5 Å². The van der Waals surface area contributed by atoms with Gasteiger partial charge < -0.3 is 19.3 Å². The Bertz CT molecular complexity index is 1320. The number of pyridine rings is 1. The van der Waals surface area contributed by atoms with Crippen LogP contribution in [-0.4, -0.2) is 45.0 Å². The molecule has 1 aromatic carbocycles. The van der Waals surface area contributed by atoms with E-state index in [1.165, 1.54) is 6.20 Å². The molecule has 1 aliphatic rings. The number of nitrogens with zero attached hydrogens (tertiary/aromatic N) is 5. The number of rotatable bonds is 8. The van der Waals surface area contributed by atoms with Crippen LogP contribution in [-0.2, 0) is 6.54 Å². The van der Waals surface area contributed by atoms with Gasteiger partial charge in [-0.1, -0.05) is 5.16 Å². The highest BCUT2D eigenvalue weighted by Gasteiger charge is 2.29. The molecule has 1 amide bonds. The van der Waals surface area contributed by atoms with E-state index in [-0.39, 0.29) is 12.5 Å². The van der Waals surface area contributed by atoms with E-state index in [4.69, 9.17) is 14.0 Å². The molecule has 1 fully saturated rings. The lowest BCUT2D eigenvalue weighted by molar-refractivity contribution is 0.0950. The number of ether oxygens (including phenoxy) is 2. The second-order valence-electron chi connectivity index (χ2n) is 8.05. The summed E-state index contributed by atoms with van der Waals surface area (Å²) in [6.45, 7) is 2.10. The third-order valence-corrected chi connectivity index (χ3v) is 5.78. The summed E-state index contributed by atoms with van der Waals surface area (Å²) in [6.07, 6.45) is 5.41. The van der Waals surface area contributed by atoms with Gasteiger partial charge in [-0.2, -0.15) is 10.1 Å². The van der Waals surface area contributed by atoms with Crippen LogP contribution in [0.3, 0.4) is 0 Å². The molecule has 34 heavy (non-hydrogen) atoms. The van der Waals surface area contributed by atoms with Crippen molar-refractivity contribution < 1.29 is 18.8 Å². The highest BCUT2D eigenvalue weighted by atomic mass is 16.5. The molecule has 10 heteroatoms. The van der Waals surface area contributed by atoms with Crippen LogP contribution < -0.4 is 14.8 Å². The summed E-state index contributed by atoms with van der Waals surface area (Å²) >= 11 is 0. The van der Waals surface area contributed by atoms with Crippen molar-refractivity contribution in [1.82, 2.24) is 30.2 Å². The monoisotopic (exact) mass is 460 g/mol. The average Bonchev–Trinajstić information content (AvgIpc) is 3.47. The zero-order chi connectivity index (χ0) is 23.7. The van der Waals surface area contributed by atoms with Gasteiger partial charge in [-0.3, -0.25) is 4.79 Å². The second kappa shape index (κ2) is 8.97. The maximum absolute atomic E-state index is 12.9. The number of carbonyl (C=O) groups is 1. The lowest BCUT2D eigenvalue weighted by Gasteiger charge is -2.11. The van der Waals surface area contributed by atoms with E-state index in [2.05, 4.69) is 25.5 Å². The van der Waals surface area contributed by atoms with Crippen molar-refractivity contribution in [2.75, 3.05) is 14.2 Å². The maximum Gasteiger partial charge on any atom is 0.259 e. The molecule has 174 valence electrons. The Labute approximate surface area is 195 Å². The molecule has 0 bridgehead atoms. The Morgan fingerprint density at radius 3 is 2.74 bits per heavy atom. The van der Waals surface area contributed by atoms with E-state index in [0.717, 1.165) is 29.8 Å². The molecule has 1 aliphatic carbocycles. The molecular weight excluding hydrogens is 436 g/mol. The van der Waals surface area contributed by atoms with Crippen LogP contribution in [0.1, 0.15) is 46.2 Å². The summed E-state index contributed by atoms with van der Waals surface area (Å²) in [5.41, 5.74) is 2.67. The number of nitrogens with one attached hydrogen (secondary N) is 1. The molecule has 0 radical (unpaired) electrons. The van der Waals surface area contributed by atoms with Crippen molar-refractivity contribution >= 4 is 5.91 Å². The van der Waals surface area contributed by atoms with Crippen molar-refractivity contribution in [2.24, 2.45) is 0 Å². The van der Waals surface area contributed by atoms with Gasteiger partial charge in [-0.05, 0) is 50.1 Å². The third kappa shape index (κ3) is 4.21. The van der Waals surface area contributed by atoms with Crippen LogP contribution in [0.25, 0.3) is 17.3 Å². The van der Waals surface area contributed by atoms with E-state index < -0.39 is 0 Å². The van der Waals surface area contributed by atoms with E-state index in [1.807, 2.05) is 19.1 Å². The van der Waals surface area contributed by atoms with E-state index in [0.29, 0.717) is 40.4 Å². The largest absolute Gasteiger partial charge is 0.497 e. The minimum atomic E-state index is -0.247. The fourth-order valence-electron chi connectivity index (χ4n) is 3.65. The first kappa shape index (κ1) is 21.6. The van der Waals surface area contributed by atoms with Crippen LogP contribution in [0.4, 0.5) is 0 Å². The highest BCUT2D eigenvalue weighted by molar-refractivity contribution is 5.95. The Balaban J connectivity index is 1.29. The molecule has 10 nitrogen and oxygen atoms in total. The molecule has 1 N–H and O–H groups in total. The number of amides is 1. The van der Waals surface area contributed by atoms with Gasteiger partial charge >= 0.3 is 0 Å². The second-order valence-corrected chi connectivity index (χ2v) is 8.05. The predicted molar refractivity (Wildman–Crippen MR) is 122 cm³/mol. The molecule has 0 atom stereocenters. The molecule has 0 saturated heterocycles. The molecule has 3 heterocycles. The molecule has 0 unspecified atom stereocenters. The smallest absolute Gasteiger partial charge is 0.259 e. The van der Waals surface area contributed by atoms with Crippen LogP contribution in [0.15, 0.2) is 47.2 Å². The summed E-state index contributed by atoms with van der Waals surface area (Å²) in [6, 6.07) is 9.10. The molecule has 3 aromatic heterocycles. The summed E-state index contributed by atoms with van der Waals surface area (Å²) in [5, 5.41) is 11.3. The van der Waals surface area contributed by atoms with Gasteiger partial charge in [0.25, 0.3) is 11.8 Å². The van der Waals surface area contributed by atoms with E-state index in [1.54, 1.807) is 43.3 Å². The van der Waals surface area contributed by atoms with Crippen molar-refractivity contribution in [3.05, 3.63) is 65.4 Å². The molecule has 0 spiro atoms. The highest BCUT2D eigenvalue weighted by Crippen LogP contribution is 2.38. The number of hydrogen-bond donors (Lipinski definition) is 1. The lowest BCUT2D eigenvalue weighted by atomic mass is 10.1. The Morgan fingerprint density at radius 2 is 2.03 bits per heavy atom. The first-order valence-corrected chi connectivity index (χ1v) is 10.9. The Hall–Kier alpha value is -4.21. The van der Waals surface area contributed by atoms with Crippen LogP contribution in [0, 0.1) is 6.92 Å². The van der Waals surface area contributed by atoms with Crippen molar-refractivity contribution in [3.63, 3.8) is 0 Å². The van der Waals surface area contributed by atoms with Gasteiger partial charge in [-0.15, -0.1) is 0 Å². The average molecular weight is 460 g/mol. The normalized spacial score (nSPS) is 13.0. The number of hydrogen-bond acceptors (Lipinski definition) is 8. The maximum atomic E-state index is 12.9. The van der Waals surface area contributed by atoms with Crippen molar-refractivity contribution in [2.45, 2.75) is 32.2 Å². The van der Waals surface area contributed by atoms with Crippen LogP contribution in [0.2, 0.25) is 0 Å². The van der Waals surface area contributed by atoms with Gasteiger partial charge in [0.2, 0.25) is 0 Å². The zero-order valence-corrected chi connectivity index (χ0v) is 19.1. The number of carbonyl (C=O) groups excluding carboxylic acids is 1. The SMILES string of the molecule is COc1ccc(OC)c(CNC(=O)c2cnn(-c3ccc(-c4nc(C5CC5)no4)cn3)c2C)c1. The standard InChI is InChI=1S/C24H24N6O4/c1-14-19(23(31)26-12-17-10-18(32-2)7-8-20(17)33-3)13-27-30(14)21-9-6-16(11-25-21)24-28-22(29-34-24)15-4-5-15/h6-11,13,15H,4-5,12H2,1-3H3,(H,26,31). The van der Waals surface area contributed by atoms with Crippen molar-refractivity contribution in [3.8, 4) is 28.8 Å². The summed E-state index contributed by atoms with van der Waals surface area (Å²) in [7, 11) is 3.18. The number of aromatic nitrogens is 5. The van der Waals surface area contributed by atoms with Gasteiger partial charge in [-0.25, -0.2) is 9.67 Å². The topological polar surface area (TPSA) is 117 Å². The first-order valence-electron chi connectivity index (χ1n) is 10.9. The Morgan fingerprint density at radius 1 is 1.18 bits per heavy atom. The third-order valence-electron chi connectivity index (χ3n) is 5.78. The van der Waals surface area contributed by atoms with Gasteiger partial charge in [0, 0.05) is 24.2 Å². The van der Waals surface area contributed by atoms with Crippen LogP contribution in [0.5, 0.6) is 11.5 Å². The van der Waals surface area contributed by atoms with E-state index >= 15 is 0 Å². The van der Waals surface area contributed by atoms with Gasteiger partial charge in [0.15, 0.2) is 11.6 Å². The molecular formula is C24H24N6O4. The summed E-state index contributed by atoms with van der Waals surface area (Å²) in [4.78, 5) is 21.8. The molecule has 1 saturated carbocycles. The van der Waals surface area contributed by atoms with E-state index in [9.17, 15) is 4.79 Å². The molecule has 4 aromatic rings.